The number of nitrogens with zero attached hydrogens (tertiary/aromatic N) is 1. The van der Waals surface area contributed by atoms with Crippen LogP contribution in [0.5, 0.6) is 5.75 Å². The smallest absolute Gasteiger partial charge is 0.162 e. The lowest BCUT2D eigenvalue weighted by molar-refractivity contribution is 0.155. The highest BCUT2D eigenvalue weighted by atomic mass is 16.5. The maximum atomic E-state index is 5.80. The lowest BCUT2D eigenvalue weighted by Gasteiger charge is -2.08. The van der Waals surface area contributed by atoms with Crippen LogP contribution in [0.1, 0.15) is 23.9 Å². The van der Waals surface area contributed by atoms with Crippen molar-refractivity contribution in [2.75, 3.05) is 7.11 Å². The van der Waals surface area contributed by atoms with Gasteiger partial charge in [-0.15, -0.1) is 0 Å². The third-order valence-electron chi connectivity index (χ3n) is 2.74. The molecule has 1 aromatic heterocycles. The van der Waals surface area contributed by atoms with Gasteiger partial charge < -0.3 is 19.7 Å². The van der Waals surface area contributed by atoms with Crippen LogP contribution in [0.4, 0.5) is 0 Å². The van der Waals surface area contributed by atoms with Gasteiger partial charge in [-0.05, 0) is 31.0 Å². The molecule has 0 fully saturated rings. The fourth-order valence-corrected chi connectivity index (χ4v) is 1.93. The predicted molar refractivity (Wildman–Crippen MR) is 75.3 cm³/mol. The van der Waals surface area contributed by atoms with Gasteiger partial charge in [-0.1, -0.05) is 17.3 Å². The van der Waals surface area contributed by atoms with E-state index < -0.39 is 0 Å². The van der Waals surface area contributed by atoms with E-state index in [-0.39, 0.29) is 6.04 Å². The summed E-state index contributed by atoms with van der Waals surface area (Å²) in [5.41, 5.74) is 7.71. The van der Waals surface area contributed by atoms with Crippen LogP contribution in [0.2, 0.25) is 0 Å². The van der Waals surface area contributed by atoms with Crippen molar-refractivity contribution in [3.05, 3.63) is 47.3 Å². The van der Waals surface area contributed by atoms with Gasteiger partial charge in [0, 0.05) is 19.2 Å². The summed E-state index contributed by atoms with van der Waals surface area (Å²) >= 11 is 0. The van der Waals surface area contributed by atoms with E-state index in [1.807, 2.05) is 37.3 Å². The lowest BCUT2D eigenvalue weighted by Crippen LogP contribution is -2.17. The quantitative estimate of drug-likeness (QED) is 0.840. The molecule has 2 aromatic rings. The minimum Gasteiger partial charge on any atom is -0.487 e. The topological polar surface area (TPSA) is 70.5 Å². The molecule has 0 radical (unpaired) electrons. The Bertz CT molecular complexity index is 537. The summed E-state index contributed by atoms with van der Waals surface area (Å²) in [5.74, 6) is 1.50. The first-order valence-corrected chi connectivity index (χ1v) is 6.58. The molecule has 2 N–H and O–H groups in total. The Balaban J connectivity index is 1.92. The Morgan fingerprint density at radius 2 is 2.15 bits per heavy atom. The van der Waals surface area contributed by atoms with Crippen molar-refractivity contribution in [3.63, 3.8) is 0 Å². The molecule has 0 saturated heterocycles. The molecule has 0 amide bonds. The molecular formula is C15H20N2O3. The average molecular weight is 276 g/mol. The Kier molecular flexibility index (Phi) is 5.15. The van der Waals surface area contributed by atoms with Crippen LogP contribution < -0.4 is 10.5 Å². The Labute approximate surface area is 118 Å². The van der Waals surface area contributed by atoms with Gasteiger partial charge in [0.05, 0.1) is 0 Å². The Morgan fingerprint density at radius 3 is 2.90 bits per heavy atom. The predicted octanol–water partition coefficient (Wildman–Crippen LogP) is 2.29. The van der Waals surface area contributed by atoms with Gasteiger partial charge in [0.15, 0.2) is 5.76 Å². The van der Waals surface area contributed by atoms with E-state index in [0.717, 1.165) is 23.4 Å². The van der Waals surface area contributed by atoms with Gasteiger partial charge >= 0.3 is 0 Å². The average Bonchev–Trinajstić information content (AvgIpc) is 2.84. The number of hydrogen-bond acceptors (Lipinski definition) is 5. The minimum absolute atomic E-state index is 0.136. The first-order valence-electron chi connectivity index (χ1n) is 6.58. The highest BCUT2D eigenvalue weighted by Gasteiger charge is 2.05. The van der Waals surface area contributed by atoms with E-state index in [1.54, 1.807) is 7.11 Å². The molecule has 108 valence electrons. The van der Waals surface area contributed by atoms with Crippen LogP contribution >= 0.6 is 0 Å². The Morgan fingerprint density at radius 1 is 1.30 bits per heavy atom. The zero-order valence-electron chi connectivity index (χ0n) is 11.8. The minimum atomic E-state index is 0.136. The fourth-order valence-electron chi connectivity index (χ4n) is 1.93. The number of rotatable bonds is 7. The highest BCUT2D eigenvalue weighted by molar-refractivity contribution is 5.29. The molecule has 1 heterocycles. The summed E-state index contributed by atoms with van der Waals surface area (Å²) in [6.45, 7) is 2.77. The second-order valence-electron chi connectivity index (χ2n) is 4.84. The van der Waals surface area contributed by atoms with Gasteiger partial charge in [0.25, 0.3) is 0 Å². The monoisotopic (exact) mass is 276 g/mol. The van der Waals surface area contributed by atoms with Crippen molar-refractivity contribution in [2.24, 2.45) is 5.73 Å². The molecule has 0 bridgehead atoms. The van der Waals surface area contributed by atoms with Crippen LogP contribution in [0, 0.1) is 0 Å². The van der Waals surface area contributed by atoms with E-state index in [4.69, 9.17) is 19.7 Å². The first kappa shape index (κ1) is 14.6. The fraction of sp³-hybridized carbons (Fsp3) is 0.400. The van der Waals surface area contributed by atoms with Crippen LogP contribution in [-0.4, -0.2) is 18.3 Å². The van der Waals surface area contributed by atoms with Crippen molar-refractivity contribution in [3.8, 4) is 5.75 Å². The summed E-state index contributed by atoms with van der Waals surface area (Å²) in [5, 5.41) is 3.92. The molecule has 0 aliphatic rings. The van der Waals surface area contributed by atoms with Crippen molar-refractivity contribution in [1.82, 2.24) is 5.16 Å². The molecule has 1 atom stereocenters. The molecule has 1 unspecified atom stereocenters. The van der Waals surface area contributed by atoms with Gasteiger partial charge in [-0.3, -0.25) is 0 Å². The number of methoxy groups -OCH3 is 1. The summed E-state index contributed by atoms with van der Waals surface area (Å²) < 4.78 is 15.8. The second-order valence-corrected chi connectivity index (χ2v) is 4.84. The molecule has 2 rings (SSSR count). The number of nitrogens with two attached hydrogens (primary N) is 1. The van der Waals surface area contributed by atoms with Gasteiger partial charge in [-0.25, -0.2) is 0 Å². The summed E-state index contributed by atoms with van der Waals surface area (Å²) in [6.07, 6.45) is 0.832. The van der Waals surface area contributed by atoms with E-state index >= 15 is 0 Å². The van der Waals surface area contributed by atoms with Crippen LogP contribution in [0.3, 0.4) is 0 Å². The molecular weight excluding hydrogens is 256 g/mol. The number of ether oxygens (including phenoxy) is 2. The standard InChI is InChI=1S/C15H20N2O3/c1-11(16)6-12-4-3-5-14(7-12)19-9-13-8-15(10-18-2)20-17-13/h3-5,7-8,11H,6,9-10,16H2,1-2H3. The largest absolute Gasteiger partial charge is 0.487 e. The van der Waals surface area contributed by atoms with Crippen molar-refractivity contribution < 1.29 is 14.0 Å². The van der Waals surface area contributed by atoms with E-state index in [1.165, 1.54) is 0 Å². The van der Waals surface area contributed by atoms with Gasteiger partial charge in [-0.2, -0.15) is 0 Å². The number of aromatic nitrogens is 1. The second kappa shape index (κ2) is 7.07. The molecule has 0 saturated carbocycles. The van der Waals surface area contributed by atoms with Gasteiger partial charge in [0.1, 0.15) is 24.7 Å². The highest BCUT2D eigenvalue weighted by Crippen LogP contribution is 2.16. The normalized spacial score (nSPS) is 12.3. The number of hydrogen-bond donors (Lipinski definition) is 1. The van der Waals surface area contributed by atoms with Crippen molar-refractivity contribution >= 4 is 0 Å². The van der Waals surface area contributed by atoms with Crippen molar-refractivity contribution in [2.45, 2.75) is 32.6 Å². The molecule has 5 heteroatoms. The molecule has 5 nitrogen and oxygen atoms in total. The van der Waals surface area contributed by atoms with Crippen LogP contribution in [-0.2, 0) is 24.4 Å². The molecule has 0 aliphatic heterocycles. The third kappa shape index (κ3) is 4.36. The third-order valence-corrected chi connectivity index (χ3v) is 2.74. The lowest BCUT2D eigenvalue weighted by atomic mass is 10.1. The van der Waals surface area contributed by atoms with E-state index in [2.05, 4.69) is 5.16 Å². The maximum Gasteiger partial charge on any atom is 0.162 e. The van der Waals surface area contributed by atoms with Gasteiger partial charge in [0.2, 0.25) is 0 Å². The summed E-state index contributed by atoms with van der Waals surface area (Å²) in [6, 6.07) is 9.89. The molecule has 0 aliphatic carbocycles. The zero-order valence-corrected chi connectivity index (χ0v) is 11.8. The summed E-state index contributed by atoms with van der Waals surface area (Å²) in [4.78, 5) is 0. The maximum absolute atomic E-state index is 5.80. The molecule has 1 aromatic carbocycles. The van der Waals surface area contributed by atoms with E-state index in [0.29, 0.717) is 19.0 Å². The Hall–Kier alpha value is -1.85. The summed E-state index contributed by atoms with van der Waals surface area (Å²) in [7, 11) is 1.61. The zero-order chi connectivity index (χ0) is 14.4. The SMILES string of the molecule is COCc1cc(COc2cccc(CC(C)N)c2)no1. The van der Waals surface area contributed by atoms with E-state index in [9.17, 15) is 0 Å². The number of benzene rings is 1. The van der Waals surface area contributed by atoms with Crippen molar-refractivity contribution in [1.29, 1.82) is 0 Å². The van der Waals surface area contributed by atoms with Crippen LogP contribution in [0.25, 0.3) is 0 Å². The first-order chi connectivity index (χ1) is 9.67. The van der Waals surface area contributed by atoms with Crippen LogP contribution in [0.15, 0.2) is 34.9 Å². The molecule has 20 heavy (non-hydrogen) atoms. The molecule has 0 spiro atoms.